The molecule has 108 valence electrons. The molecule has 2 aliphatic carbocycles. The van der Waals surface area contributed by atoms with Crippen molar-refractivity contribution < 1.29 is 9.68 Å². The summed E-state index contributed by atoms with van der Waals surface area (Å²) in [5.41, 5.74) is 2.39. The van der Waals surface area contributed by atoms with E-state index < -0.39 is 0 Å². The van der Waals surface area contributed by atoms with Gasteiger partial charge in [-0.05, 0) is 38.0 Å². The fraction of sp³-hybridized carbons (Fsp3) is 0.867. The molecule has 0 amide bonds. The zero-order valence-corrected chi connectivity index (χ0v) is 12.4. The highest BCUT2D eigenvalue weighted by atomic mass is 16.6. The predicted molar refractivity (Wildman–Crippen MR) is 77.4 cm³/mol. The van der Waals surface area contributed by atoms with E-state index in [1.54, 1.807) is 7.11 Å². The quantitative estimate of drug-likeness (QED) is 0.363. The average Bonchev–Trinajstić information content (AvgIpc) is 3.23. The fourth-order valence-corrected chi connectivity index (χ4v) is 2.25. The highest BCUT2D eigenvalue weighted by Gasteiger charge is 2.29. The molecule has 0 heterocycles. The van der Waals surface area contributed by atoms with Crippen LogP contribution in [-0.4, -0.2) is 25.1 Å². The van der Waals surface area contributed by atoms with Gasteiger partial charge in [-0.25, -0.2) is 0 Å². The summed E-state index contributed by atoms with van der Waals surface area (Å²) in [7, 11) is 1.61. The van der Waals surface area contributed by atoms with Crippen molar-refractivity contribution in [2.45, 2.75) is 52.4 Å². The Morgan fingerprint density at radius 2 is 1.68 bits per heavy atom. The highest BCUT2D eigenvalue weighted by Crippen LogP contribution is 2.33. The standard InChI is InChI=1S/C15H26N2O2/c1-11(2)10-15(13-6-7-13)17-19-9-8-14(16-18-3)12-4-5-12/h11-13H,4-10H2,1-3H3/b16-14-,17-15-. The van der Waals surface area contributed by atoms with Gasteiger partial charge in [0.25, 0.3) is 0 Å². The van der Waals surface area contributed by atoms with Gasteiger partial charge < -0.3 is 9.68 Å². The molecule has 2 rings (SSSR count). The third kappa shape index (κ3) is 5.21. The van der Waals surface area contributed by atoms with Gasteiger partial charge in [0, 0.05) is 18.3 Å². The average molecular weight is 266 g/mol. The third-order valence-corrected chi connectivity index (χ3v) is 3.55. The van der Waals surface area contributed by atoms with Crippen LogP contribution >= 0.6 is 0 Å². The van der Waals surface area contributed by atoms with Crippen LogP contribution in [0.4, 0.5) is 0 Å². The predicted octanol–water partition coefficient (Wildman–Crippen LogP) is 3.62. The first-order valence-electron chi connectivity index (χ1n) is 7.49. The molecular formula is C15H26N2O2. The Balaban J connectivity index is 1.72. The molecule has 0 aromatic heterocycles. The molecule has 0 N–H and O–H groups in total. The summed E-state index contributed by atoms with van der Waals surface area (Å²) in [4.78, 5) is 10.4. The monoisotopic (exact) mass is 266 g/mol. The van der Waals surface area contributed by atoms with Crippen LogP contribution < -0.4 is 0 Å². The zero-order chi connectivity index (χ0) is 13.7. The number of hydrogen-bond acceptors (Lipinski definition) is 4. The summed E-state index contributed by atoms with van der Waals surface area (Å²) in [5.74, 6) is 1.98. The van der Waals surface area contributed by atoms with Gasteiger partial charge in [-0.2, -0.15) is 0 Å². The summed E-state index contributed by atoms with van der Waals surface area (Å²) in [6.45, 7) is 5.08. The van der Waals surface area contributed by atoms with Crippen molar-refractivity contribution in [3.63, 3.8) is 0 Å². The second-order valence-corrected chi connectivity index (χ2v) is 6.08. The maximum absolute atomic E-state index is 5.50. The number of oxime groups is 2. The summed E-state index contributed by atoms with van der Waals surface area (Å²) >= 11 is 0. The summed E-state index contributed by atoms with van der Waals surface area (Å²) in [6.07, 6.45) is 6.95. The second-order valence-electron chi connectivity index (χ2n) is 6.08. The van der Waals surface area contributed by atoms with Crippen LogP contribution in [-0.2, 0) is 9.68 Å². The minimum atomic E-state index is 0.618. The summed E-state index contributed by atoms with van der Waals surface area (Å²) in [6, 6.07) is 0. The topological polar surface area (TPSA) is 43.2 Å². The lowest BCUT2D eigenvalue weighted by molar-refractivity contribution is 0.147. The van der Waals surface area contributed by atoms with Crippen LogP contribution in [0.15, 0.2) is 10.3 Å². The molecule has 0 radical (unpaired) electrons. The van der Waals surface area contributed by atoms with Crippen molar-refractivity contribution in [1.29, 1.82) is 0 Å². The van der Waals surface area contributed by atoms with Crippen LogP contribution in [0.3, 0.4) is 0 Å². The molecule has 4 heteroatoms. The third-order valence-electron chi connectivity index (χ3n) is 3.55. The molecule has 4 nitrogen and oxygen atoms in total. The number of hydrogen-bond donors (Lipinski definition) is 0. The van der Waals surface area contributed by atoms with E-state index in [0.717, 1.165) is 18.6 Å². The van der Waals surface area contributed by atoms with Crippen LogP contribution in [0.25, 0.3) is 0 Å². The first kappa shape index (κ1) is 14.4. The van der Waals surface area contributed by atoms with Crippen LogP contribution in [0.5, 0.6) is 0 Å². The summed E-state index contributed by atoms with van der Waals surface area (Å²) < 4.78 is 0. The van der Waals surface area contributed by atoms with E-state index in [2.05, 4.69) is 24.2 Å². The van der Waals surface area contributed by atoms with E-state index >= 15 is 0 Å². The van der Waals surface area contributed by atoms with Gasteiger partial charge in [0.15, 0.2) is 0 Å². The molecular weight excluding hydrogens is 240 g/mol. The molecule has 0 unspecified atom stereocenters. The molecule has 0 atom stereocenters. The Bertz CT molecular complexity index is 342. The lowest BCUT2D eigenvalue weighted by atomic mass is 10.0. The van der Waals surface area contributed by atoms with E-state index in [1.807, 2.05) is 0 Å². The van der Waals surface area contributed by atoms with Crippen molar-refractivity contribution >= 4 is 11.4 Å². The number of rotatable bonds is 9. The van der Waals surface area contributed by atoms with Gasteiger partial charge in [-0.1, -0.05) is 24.2 Å². The largest absolute Gasteiger partial charge is 0.399 e. The maximum Gasteiger partial charge on any atom is 0.122 e. The van der Waals surface area contributed by atoms with E-state index in [9.17, 15) is 0 Å². The van der Waals surface area contributed by atoms with Gasteiger partial charge in [-0.3, -0.25) is 0 Å². The molecule has 0 saturated heterocycles. The molecule has 0 aromatic carbocycles. The molecule has 2 saturated carbocycles. The lowest BCUT2D eigenvalue weighted by Gasteiger charge is -2.08. The van der Waals surface area contributed by atoms with Crippen molar-refractivity contribution in [2.24, 2.45) is 28.1 Å². The Kier molecular flexibility index (Phi) is 5.23. The highest BCUT2D eigenvalue weighted by molar-refractivity contribution is 5.89. The smallest absolute Gasteiger partial charge is 0.122 e. The lowest BCUT2D eigenvalue weighted by Crippen LogP contribution is -2.09. The number of nitrogens with zero attached hydrogens (tertiary/aromatic N) is 2. The Hall–Kier alpha value is -1.06. The minimum Gasteiger partial charge on any atom is -0.399 e. The van der Waals surface area contributed by atoms with E-state index in [-0.39, 0.29) is 0 Å². The Labute approximate surface area is 116 Å². The van der Waals surface area contributed by atoms with Gasteiger partial charge in [0.1, 0.15) is 13.7 Å². The van der Waals surface area contributed by atoms with Gasteiger partial charge in [0.05, 0.1) is 11.4 Å². The Morgan fingerprint density at radius 3 is 2.21 bits per heavy atom. The SMILES string of the molecule is CO/N=C(/CCO/N=C(/CC(C)C)C1CC1)C1CC1. The summed E-state index contributed by atoms with van der Waals surface area (Å²) in [5, 5.41) is 8.45. The fourth-order valence-electron chi connectivity index (χ4n) is 2.25. The van der Waals surface area contributed by atoms with Crippen molar-refractivity contribution in [3.8, 4) is 0 Å². The van der Waals surface area contributed by atoms with E-state index in [1.165, 1.54) is 31.4 Å². The van der Waals surface area contributed by atoms with Crippen LogP contribution in [0, 0.1) is 17.8 Å². The molecule has 0 aliphatic heterocycles. The van der Waals surface area contributed by atoms with Crippen molar-refractivity contribution in [3.05, 3.63) is 0 Å². The van der Waals surface area contributed by atoms with Gasteiger partial charge in [-0.15, -0.1) is 0 Å². The molecule has 2 fully saturated rings. The minimum absolute atomic E-state index is 0.618. The normalized spacial score (nSPS) is 20.8. The zero-order valence-electron chi connectivity index (χ0n) is 12.4. The van der Waals surface area contributed by atoms with Crippen molar-refractivity contribution in [1.82, 2.24) is 0 Å². The van der Waals surface area contributed by atoms with Gasteiger partial charge in [0.2, 0.25) is 0 Å². The molecule has 0 spiro atoms. The molecule has 2 aliphatic rings. The maximum atomic E-state index is 5.50. The first-order valence-corrected chi connectivity index (χ1v) is 7.49. The molecule has 0 bridgehead atoms. The Morgan fingerprint density at radius 1 is 1.05 bits per heavy atom. The molecule has 0 aromatic rings. The van der Waals surface area contributed by atoms with Gasteiger partial charge >= 0.3 is 0 Å². The second kappa shape index (κ2) is 6.92. The first-order chi connectivity index (χ1) is 9.20. The molecule has 19 heavy (non-hydrogen) atoms. The van der Waals surface area contributed by atoms with E-state index in [4.69, 9.17) is 9.68 Å². The van der Waals surface area contributed by atoms with E-state index in [0.29, 0.717) is 24.4 Å². The van der Waals surface area contributed by atoms with Crippen LogP contribution in [0.1, 0.15) is 52.4 Å². The van der Waals surface area contributed by atoms with Crippen molar-refractivity contribution in [2.75, 3.05) is 13.7 Å². The van der Waals surface area contributed by atoms with Crippen LogP contribution in [0.2, 0.25) is 0 Å².